The molecule has 0 atom stereocenters. The molecule has 0 saturated heterocycles. The molecule has 0 fully saturated rings. The zero-order valence-corrected chi connectivity index (χ0v) is 13.4. The first-order chi connectivity index (χ1) is 7.63. The van der Waals surface area contributed by atoms with Crippen LogP contribution in [0.5, 0.6) is 0 Å². The molecule has 1 aromatic rings. The Labute approximate surface area is 108 Å². The van der Waals surface area contributed by atoms with E-state index in [1.54, 1.807) is 8.19 Å². The molecule has 1 aliphatic rings. The van der Waals surface area contributed by atoms with Gasteiger partial charge in [-0.1, -0.05) is 0 Å². The number of aryl methyl sites for hydroxylation is 2. The Balaban J connectivity index is 2.27. The van der Waals surface area contributed by atoms with Crippen LogP contribution < -0.4 is 0 Å². The molecule has 0 amide bonds. The summed E-state index contributed by atoms with van der Waals surface area (Å²) >= 11 is 0.730. The monoisotopic (exact) mass is 302 g/mol. The molecule has 2 heteroatoms. The average molecular weight is 301 g/mol. The number of rotatable bonds is 2. The van der Waals surface area contributed by atoms with Gasteiger partial charge in [-0.15, -0.1) is 0 Å². The fourth-order valence-electron chi connectivity index (χ4n) is 2.15. The first-order valence-corrected chi connectivity index (χ1v) is 9.23. The van der Waals surface area contributed by atoms with Crippen LogP contribution in [-0.4, -0.2) is 14.5 Å². The van der Waals surface area contributed by atoms with Gasteiger partial charge in [0.1, 0.15) is 0 Å². The Kier molecular flexibility index (Phi) is 4.33. The molecule has 16 heavy (non-hydrogen) atoms. The van der Waals surface area contributed by atoms with Crippen LogP contribution in [0.4, 0.5) is 0 Å². The van der Waals surface area contributed by atoms with Gasteiger partial charge < -0.3 is 0 Å². The molecule has 0 unspecified atom stereocenters. The Morgan fingerprint density at radius 2 is 1.81 bits per heavy atom. The molecule has 0 spiro atoms. The van der Waals surface area contributed by atoms with Gasteiger partial charge in [-0.2, -0.15) is 0 Å². The molecule has 0 nitrogen and oxygen atoms in total. The molecule has 0 N–H and O–H groups in total. The second-order valence-electron chi connectivity index (χ2n) is 5.54. The van der Waals surface area contributed by atoms with Crippen molar-refractivity contribution in [2.75, 3.05) is 0 Å². The van der Waals surface area contributed by atoms with E-state index in [0.29, 0.717) is 5.41 Å². The van der Waals surface area contributed by atoms with Gasteiger partial charge >= 0.3 is 108 Å². The van der Waals surface area contributed by atoms with Crippen LogP contribution in [0.15, 0.2) is 0 Å². The number of hydrogen-bond acceptors (Lipinski definition) is 0. The molecule has 2 rings (SSSR count). The van der Waals surface area contributed by atoms with E-state index >= 15 is 0 Å². The van der Waals surface area contributed by atoms with Crippen LogP contribution in [0.1, 0.15) is 66.8 Å². The normalized spacial score (nSPS) is 18.2. The number of fused-ring (bicyclic) bond motifs is 1. The molecular weight excluding hydrogens is 278 g/mol. The van der Waals surface area contributed by atoms with E-state index in [0.717, 1.165) is 14.5 Å². The van der Waals surface area contributed by atoms with Crippen LogP contribution in [-0.2, 0) is 18.3 Å². The zero-order chi connectivity index (χ0) is 11.6. The molecule has 90 valence electrons. The third kappa shape index (κ3) is 2.81. The van der Waals surface area contributed by atoms with Crippen molar-refractivity contribution in [3.05, 3.63) is 13.9 Å². The Hall–Kier alpha value is 0.429. The van der Waals surface area contributed by atoms with E-state index in [2.05, 4.69) is 20.8 Å². The van der Waals surface area contributed by atoms with E-state index in [1.807, 2.05) is 13.9 Å². The first-order valence-electron chi connectivity index (χ1n) is 6.62. The van der Waals surface area contributed by atoms with Gasteiger partial charge in [0.15, 0.2) is 0 Å². The van der Waals surface area contributed by atoms with E-state index < -0.39 is 0 Å². The van der Waals surface area contributed by atoms with Crippen molar-refractivity contribution >= 4 is 22.7 Å². The molecular formula is C14H23PSe. The van der Waals surface area contributed by atoms with Crippen LogP contribution >= 0.6 is 8.19 Å². The molecule has 0 aromatic carbocycles. The van der Waals surface area contributed by atoms with Crippen molar-refractivity contribution < 1.29 is 0 Å². The first kappa shape index (κ1) is 12.9. The molecule has 1 aliphatic carbocycles. The van der Waals surface area contributed by atoms with Crippen LogP contribution in [0.25, 0.3) is 0 Å². The minimum atomic E-state index is 0.489. The third-order valence-electron chi connectivity index (χ3n) is 3.81. The van der Waals surface area contributed by atoms with E-state index in [1.165, 1.54) is 44.9 Å². The van der Waals surface area contributed by atoms with Gasteiger partial charge in [-0.25, -0.2) is 0 Å². The summed E-state index contributed by atoms with van der Waals surface area (Å²) in [5.41, 5.74) is 0.489. The SMILES string of the molecule is CCC(C)(C)c1pc2c([se]1)CCCCCC2. The predicted molar refractivity (Wildman–Crippen MR) is 75.1 cm³/mol. The Bertz CT molecular complexity index is 326. The zero-order valence-electron chi connectivity index (χ0n) is 10.8. The van der Waals surface area contributed by atoms with E-state index in [9.17, 15) is 0 Å². The van der Waals surface area contributed by atoms with Crippen molar-refractivity contribution in [1.29, 1.82) is 0 Å². The minimum absolute atomic E-state index is 0.489. The summed E-state index contributed by atoms with van der Waals surface area (Å²) in [6.07, 6.45) is 9.96. The van der Waals surface area contributed by atoms with Crippen molar-refractivity contribution in [1.82, 2.24) is 0 Å². The predicted octanol–water partition coefficient (Wildman–Crippen LogP) is 4.67. The fourth-order valence-corrected chi connectivity index (χ4v) is 7.83. The van der Waals surface area contributed by atoms with Gasteiger partial charge in [0, 0.05) is 0 Å². The summed E-state index contributed by atoms with van der Waals surface area (Å²) < 4.78 is 3.74. The maximum absolute atomic E-state index is 2.44. The standard InChI is InChI=1S/C14H23PSe/c1-4-14(2,3)13-15-11-9-7-5-6-8-10-12(11)16-13/h4-10H2,1-3H3. The van der Waals surface area contributed by atoms with Crippen molar-refractivity contribution in [3.8, 4) is 0 Å². The fraction of sp³-hybridized carbons (Fsp3) is 0.786. The quantitative estimate of drug-likeness (QED) is 0.696. The average Bonchev–Trinajstić information content (AvgIpc) is 2.61. The van der Waals surface area contributed by atoms with Crippen LogP contribution in [0, 0.1) is 0 Å². The Morgan fingerprint density at radius 3 is 2.50 bits per heavy atom. The molecule has 0 saturated carbocycles. The van der Waals surface area contributed by atoms with Gasteiger partial charge in [-0.05, 0) is 0 Å². The third-order valence-corrected chi connectivity index (χ3v) is 9.80. The van der Waals surface area contributed by atoms with Gasteiger partial charge in [0.05, 0.1) is 0 Å². The van der Waals surface area contributed by atoms with Crippen molar-refractivity contribution in [3.63, 3.8) is 0 Å². The summed E-state index contributed by atoms with van der Waals surface area (Å²) in [5.74, 6) is 0. The summed E-state index contributed by atoms with van der Waals surface area (Å²) in [6.45, 7) is 7.23. The maximum atomic E-state index is 2.44. The topological polar surface area (TPSA) is 0 Å². The molecule has 1 aromatic heterocycles. The second-order valence-corrected chi connectivity index (χ2v) is 9.75. The summed E-state index contributed by atoms with van der Waals surface area (Å²) in [4.78, 5) is 0. The van der Waals surface area contributed by atoms with Gasteiger partial charge in [0.2, 0.25) is 0 Å². The van der Waals surface area contributed by atoms with Gasteiger partial charge in [-0.3, -0.25) is 0 Å². The van der Waals surface area contributed by atoms with Crippen LogP contribution in [0.2, 0.25) is 0 Å². The van der Waals surface area contributed by atoms with Crippen molar-refractivity contribution in [2.24, 2.45) is 0 Å². The summed E-state index contributed by atoms with van der Waals surface area (Å²) in [5, 5.41) is 1.83. The number of hydrogen-bond donors (Lipinski definition) is 0. The van der Waals surface area contributed by atoms with Crippen LogP contribution in [0.3, 0.4) is 0 Å². The molecule has 0 aliphatic heterocycles. The molecule has 1 heterocycles. The molecule has 0 radical (unpaired) electrons. The Morgan fingerprint density at radius 1 is 1.12 bits per heavy atom. The van der Waals surface area contributed by atoms with E-state index in [-0.39, 0.29) is 0 Å². The summed E-state index contributed by atoms with van der Waals surface area (Å²) in [7, 11) is 1.64. The van der Waals surface area contributed by atoms with Gasteiger partial charge in [0.25, 0.3) is 0 Å². The second kappa shape index (κ2) is 5.38. The van der Waals surface area contributed by atoms with E-state index in [4.69, 9.17) is 0 Å². The van der Waals surface area contributed by atoms with Crippen molar-refractivity contribution in [2.45, 2.75) is 71.1 Å². The molecule has 0 bridgehead atoms. The summed E-state index contributed by atoms with van der Waals surface area (Å²) in [6, 6.07) is 0.